The van der Waals surface area contributed by atoms with Crippen LogP contribution in [-0.2, 0) is 0 Å². The maximum absolute atomic E-state index is 13.5. The molecule has 0 heterocycles. The number of amides is 1. The molecular formula is C11H14FN3O3. The van der Waals surface area contributed by atoms with Crippen LogP contribution >= 0.6 is 0 Å². The molecule has 0 aliphatic rings. The maximum Gasteiger partial charge on any atom is 0.285 e. The quantitative estimate of drug-likeness (QED) is 0.621. The first-order valence-corrected chi connectivity index (χ1v) is 5.51. The summed E-state index contributed by atoms with van der Waals surface area (Å²) in [6.45, 7) is 4.23. The van der Waals surface area contributed by atoms with Crippen LogP contribution in [0.3, 0.4) is 0 Å². The molecule has 0 saturated heterocycles. The number of halogens is 1. The van der Waals surface area contributed by atoms with E-state index in [0.29, 0.717) is 13.1 Å². The molecule has 0 unspecified atom stereocenters. The van der Waals surface area contributed by atoms with E-state index in [1.165, 1.54) is 0 Å². The van der Waals surface area contributed by atoms with Gasteiger partial charge < -0.3 is 10.6 Å². The molecule has 1 aromatic carbocycles. The van der Waals surface area contributed by atoms with E-state index in [0.717, 1.165) is 12.1 Å². The second kappa shape index (κ2) is 5.95. The summed E-state index contributed by atoms with van der Waals surface area (Å²) < 4.78 is 13.5. The monoisotopic (exact) mass is 255 g/mol. The number of nitrogens with one attached hydrogen (secondary N) is 2. The normalized spacial score (nSPS) is 9.94. The third kappa shape index (κ3) is 2.93. The summed E-state index contributed by atoms with van der Waals surface area (Å²) >= 11 is 0. The molecule has 18 heavy (non-hydrogen) atoms. The summed E-state index contributed by atoms with van der Waals surface area (Å²) in [4.78, 5) is 21.7. The highest BCUT2D eigenvalue weighted by molar-refractivity contribution is 5.99. The fourth-order valence-corrected chi connectivity index (χ4v) is 1.48. The van der Waals surface area contributed by atoms with Crippen LogP contribution in [-0.4, -0.2) is 23.9 Å². The van der Waals surface area contributed by atoms with Crippen LogP contribution in [0.4, 0.5) is 15.8 Å². The summed E-state index contributed by atoms with van der Waals surface area (Å²) in [5.74, 6) is -1.35. The van der Waals surface area contributed by atoms with E-state index in [2.05, 4.69) is 10.6 Å². The van der Waals surface area contributed by atoms with Crippen molar-refractivity contribution in [2.75, 3.05) is 18.4 Å². The van der Waals surface area contributed by atoms with Crippen LogP contribution in [0, 0.1) is 15.9 Å². The number of anilines is 1. The van der Waals surface area contributed by atoms with Crippen molar-refractivity contribution < 1.29 is 14.1 Å². The Labute approximate surface area is 103 Å². The van der Waals surface area contributed by atoms with Crippen LogP contribution < -0.4 is 10.6 Å². The predicted octanol–water partition coefficient (Wildman–Crippen LogP) is 1.92. The molecule has 0 bridgehead atoms. The van der Waals surface area contributed by atoms with Crippen molar-refractivity contribution in [2.24, 2.45) is 0 Å². The zero-order chi connectivity index (χ0) is 13.7. The lowest BCUT2D eigenvalue weighted by atomic mass is 10.1. The third-order valence-electron chi connectivity index (χ3n) is 2.23. The Morgan fingerprint density at radius 3 is 2.56 bits per heavy atom. The zero-order valence-corrected chi connectivity index (χ0v) is 10.1. The van der Waals surface area contributed by atoms with Gasteiger partial charge in [0.05, 0.1) is 16.7 Å². The van der Waals surface area contributed by atoms with Gasteiger partial charge in [-0.3, -0.25) is 14.9 Å². The molecule has 0 saturated carbocycles. The molecule has 0 fully saturated rings. The summed E-state index contributed by atoms with van der Waals surface area (Å²) in [6, 6.07) is 1.91. The fourth-order valence-electron chi connectivity index (χ4n) is 1.48. The highest BCUT2D eigenvalue weighted by atomic mass is 19.1. The minimum Gasteiger partial charge on any atom is -0.383 e. The lowest BCUT2D eigenvalue weighted by molar-refractivity contribution is -0.385. The van der Waals surface area contributed by atoms with Gasteiger partial charge in [-0.05, 0) is 19.9 Å². The van der Waals surface area contributed by atoms with Crippen LogP contribution in [0.2, 0.25) is 0 Å². The maximum atomic E-state index is 13.5. The highest BCUT2D eigenvalue weighted by Gasteiger charge is 2.23. The van der Waals surface area contributed by atoms with E-state index < -0.39 is 22.3 Å². The molecule has 0 spiro atoms. The SMILES string of the molecule is CCNC(=O)c1cc(NCC)c(F)cc1[N+](=O)[O-]. The van der Waals surface area contributed by atoms with Crippen molar-refractivity contribution in [2.45, 2.75) is 13.8 Å². The summed E-state index contributed by atoms with van der Waals surface area (Å²) in [6.07, 6.45) is 0. The van der Waals surface area contributed by atoms with Gasteiger partial charge >= 0.3 is 0 Å². The molecule has 0 aromatic heterocycles. The summed E-state index contributed by atoms with van der Waals surface area (Å²) in [5, 5.41) is 15.9. The van der Waals surface area contributed by atoms with E-state index >= 15 is 0 Å². The number of carbonyl (C=O) groups excluding carboxylic acids is 1. The van der Waals surface area contributed by atoms with Gasteiger partial charge in [-0.1, -0.05) is 0 Å². The number of rotatable bonds is 5. The number of carbonyl (C=O) groups is 1. The van der Waals surface area contributed by atoms with Crippen molar-refractivity contribution in [3.05, 3.63) is 33.6 Å². The Hall–Kier alpha value is -2.18. The minimum absolute atomic E-state index is 0.0735. The zero-order valence-electron chi connectivity index (χ0n) is 10.1. The van der Waals surface area contributed by atoms with E-state index in [4.69, 9.17) is 0 Å². The molecule has 1 aromatic rings. The van der Waals surface area contributed by atoms with Crippen molar-refractivity contribution >= 4 is 17.3 Å². The second-order valence-electron chi connectivity index (χ2n) is 3.50. The number of hydrogen-bond acceptors (Lipinski definition) is 4. The standard InChI is InChI=1S/C11H14FN3O3/c1-3-13-9-5-7(11(16)14-4-2)10(15(17)18)6-8(9)12/h5-6,13H,3-4H2,1-2H3,(H,14,16). The van der Waals surface area contributed by atoms with Crippen molar-refractivity contribution in [3.8, 4) is 0 Å². The van der Waals surface area contributed by atoms with Gasteiger partial charge in [0, 0.05) is 13.1 Å². The Morgan fingerprint density at radius 1 is 1.39 bits per heavy atom. The third-order valence-corrected chi connectivity index (χ3v) is 2.23. The molecule has 0 aliphatic carbocycles. The Kier molecular flexibility index (Phi) is 4.59. The average Bonchev–Trinajstić information content (AvgIpc) is 2.31. The van der Waals surface area contributed by atoms with Crippen LogP contribution in [0.25, 0.3) is 0 Å². The molecule has 7 heteroatoms. The van der Waals surface area contributed by atoms with Gasteiger partial charge in [-0.25, -0.2) is 4.39 Å². The number of nitro groups is 1. The van der Waals surface area contributed by atoms with Crippen LogP contribution in [0.15, 0.2) is 12.1 Å². The molecule has 1 rings (SSSR count). The molecule has 0 aliphatic heterocycles. The first-order valence-electron chi connectivity index (χ1n) is 5.51. The van der Waals surface area contributed by atoms with Gasteiger partial charge in [-0.15, -0.1) is 0 Å². The van der Waals surface area contributed by atoms with E-state index in [1.54, 1.807) is 13.8 Å². The van der Waals surface area contributed by atoms with Gasteiger partial charge in [0.1, 0.15) is 5.56 Å². The molecule has 1 amide bonds. The number of nitrogens with zero attached hydrogens (tertiary/aromatic N) is 1. The largest absolute Gasteiger partial charge is 0.383 e. The lowest BCUT2D eigenvalue weighted by Crippen LogP contribution is -2.24. The van der Waals surface area contributed by atoms with Gasteiger partial charge in [-0.2, -0.15) is 0 Å². The number of benzene rings is 1. The molecule has 0 radical (unpaired) electrons. The van der Waals surface area contributed by atoms with E-state index in [1.807, 2.05) is 0 Å². The molecular weight excluding hydrogens is 241 g/mol. The van der Waals surface area contributed by atoms with Crippen LogP contribution in [0.5, 0.6) is 0 Å². The Morgan fingerprint density at radius 2 is 2.06 bits per heavy atom. The average molecular weight is 255 g/mol. The Bertz CT molecular complexity index is 477. The first kappa shape index (κ1) is 13.9. The van der Waals surface area contributed by atoms with Gasteiger partial charge in [0.2, 0.25) is 0 Å². The first-order chi connectivity index (χ1) is 8.51. The van der Waals surface area contributed by atoms with Gasteiger partial charge in [0.15, 0.2) is 5.82 Å². The lowest BCUT2D eigenvalue weighted by Gasteiger charge is -2.08. The minimum atomic E-state index is -0.774. The highest BCUT2D eigenvalue weighted by Crippen LogP contribution is 2.26. The molecule has 0 atom stereocenters. The molecule has 2 N–H and O–H groups in total. The summed E-state index contributed by atoms with van der Waals surface area (Å²) in [7, 11) is 0. The molecule has 98 valence electrons. The fraction of sp³-hybridized carbons (Fsp3) is 0.364. The smallest absolute Gasteiger partial charge is 0.285 e. The van der Waals surface area contributed by atoms with Gasteiger partial charge in [0.25, 0.3) is 11.6 Å². The topological polar surface area (TPSA) is 84.3 Å². The second-order valence-corrected chi connectivity index (χ2v) is 3.50. The van der Waals surface area contributed by atoms with Crippen molar-refractivity contribution in [3.63, 3.8) is 0 Å². The van der Waals surface area contributed by atoms with E-state index in [-0.39, 0.29) is 11.3 Å². The van der Waals surface area contributed by atoms with Crippen molar-refractivity contribution in [1.82, 2.24) is 5.32 Å². The number of hydrogen-bond donors (Lipinski definition) is 2. The Balaban J connectivity index is 3.30. The van der Waals surface area contributed by atoms with Crippen LogP contribution in [0.1, 0.15) is 24.2 Å². The number of nitro benzene ring substituents is 1. The predicted molar refractivity (Wildman–Crippen MR) is 65.2 cm³/mol. The van der Waals surface area contributed by atoms with E-state index in [9.17, 15) is 19.3 Å². The summed E-state index contributed by atoms with van der Waals surface area (Å²) in [5.41, 5.74) is -0.622. The molecule has 6 nitrogen and oxygen atoms in total. The van der Waals surface area contributed by atoms with Crippen molar-refractivity contribution in [1.29, 1.82) is 0 Å².